The van der Waals surface area contributed by atoms with Crippen LogP contribution < -0.4 is 14.8 Å². The van der Waals surface area contributed by atoms with Gasteiger partial charge in [0.15, 0.2) is 6.61 Å². The summed E-state index contributed by atoms with van der Waals surface area (Å²) < 4.78 is 10.8. The molecule has 0 radical (unpaired) electrons. The van der Waals surface area contributed by atoms with Gasteiger partial charge in [0, 0.05) is 18.3 Å². The minimum absolute atomic E-state index is 0.0146. The fourth-order valence-electron chi connectivity index (χ4n) is 3.36. The Morgan fingerprint density at radius 2 is 1.86 bits per heavy atom. The molecule has 148 valence electrons. The van der Waals surface area contributed by atoms with Crippen LogP contribution in [0.2, 0.25) is 0 Å². The first kappa shape index (κ1) is 19.7. The molecule has 1 atom stereocenters. The number of nitrogens with zero attached hydrogens (tertiary/aromatic N) is 1. The maximum absolute atomic E-state index is 12.4. The van der Waals surface area contributed by atoms with Crippen LogP contribution in [0.15, 0.2) is 48.5 Å². The van der Waals surface area contributed by atoms with Crippen LogP contribution in [0.5, 0.6) is 11.5 Å². The van der Waals surface area contributed by atoms with Crippen LogP contribution in [0.3, 0.4) is 0 Å². The van der Waals surface area contributed by atoms with E-state index in [1.54, 1.807) is 42.5 Å². The predicted molar refractivity (Wildman–Crippen MR) is 108 cm³/mol. The number of ether oxygens (including phenoxy) is 2. The molecule has 0 spiro atoms. The molecular weight excluding hydrogens is 356 g/mol. The van der Waals surface area contributed by atoms with E-state index < -0.39 is 0 Å². The third-order valence-electron chi connectivity index (χ3n) is 4.95. The van der Waals surface area contributed by atoms with Crippen molar-refractivity contribution in [1.82, 2.24) is 4.90 Å². The van der Waals surface area contributed by atoms with Gasteiger partial charge in [-0.15, -0.1) is 0 Å². The summed E-state index contributed by atoms with van der Waals surface area (Å²) in [4.78, 5) is 26.7. The molecule has 1 aliphatic rings. The summed E-state index contributed by atoms with van der Waals surface area (Å²) >= 11 is 0. The number of anilines is 1. The third kappa shape index (κ3) is 4.82. The van der Waals surface area contributed by atoms with Crippen LogP contribution in [-0.2, 0) is 4.79 Å². The lowest BCUT2D eigenvalue weighted by Gasteiger charge is -2.33. The number of para-hydroxylation sites is 1. The number of likely N-dealkylation sites (tertiary alicyclic amines) is 1. The molecule has 3 rings (SSSR count). The van der Waals surface area contributed by atoms with E-state index in [1.165, 1.54) is 13.5 Å². The summed E-state index contributed by atoms with van der Waals surface area (Å²) in [7, 11) is 1.53. The van der Waals surface area contributed by atoms with E-state index >= 15 is 0 Å². The first-order chi connectivity index (χ1) is 13.6. The maximum atomic E-state index is 12.4. The zero-order chi connectivity index (χ0) is 19.9. The second-order valence-corrected chi connectivity index (χ2v) is 6.90. The summed E-state index contributed by atoms with van der Waals surface area (Å²) in [6, 6.07) is 14.3. The van der Waals surface area contributed by atoms with Gasteiger partial charge in [0.05, 0.1) is 12.7 Å². The quantitative estimate of drug-likeness (QED) is 0.827. The van der Waals surface area contributed by atoms with E-state index in [2.05, 4.69) is 12.2 Å². The molecule has 2 aromatic rings. The highest BCUT2D eigenvalue weighted by atomic mass is 16.5. The first-order valence-electron chi connectivity index (χ1n) is 9.55. The second kappa shape index (κ2) is 9.26. The Balaban J connectivity index is 1.55. The average Bonchev–Trinajstić information content (AvgIpc) is 2.73. The number of carbonyl (C=O) groups is 2. The van der Waals surface area contributed by atoms with Gasteiger partial charge < -0.3 is 19.7 Å². The normalized spacial score (nSPS) is 16.4. The third-order valence-corrected chi connectivity index (χ3v) is 4.95. The average molecular weight is 382 g/mol. The molecule has 0 aliphatic carbocycles. The van der Waals surface area contributed by atoms with E-state index in [9.17, 15) is 9.59 Å². The molecule has 0 aromatic heterocycles. The highest BCUT2D eigenvalue weighted by Gasteiger charge is 2.23. The Kier molecular flexibility index (Phi) is 6.53. The molecular formula is C22H26N2O4. The fourth-order valence-corrected chi connectivity index (χ4v) is 3.36. The SMILES string of the molecule is COc1ccccc1C(=O)Nc1ccc(OCC(=O)N2CCCCC2C)cc1. The van der Waals surface area contributed by atoms with Gasteiger partial charge in [-0.2, -0.15) is 0 Å². The van der Waals surface area contributed by atoms with Crippen molar-refractivity contribution in [3.8, 4) is 11.5 Å². The zero-order valence-electron chi connectivity index (χ0n) is 16.3. The molecule has 1 unspecified atom stereocenters. The summed E-state index contributed by atoms with van der Waals surface area (Å²) in [5, 5.41) is 2.83. The Labute approximate surface area is 165 Å². The predicted octanol–water partition coefficient (Wildman–Crippen LogP) is 3.73. The van der Waals surface area contributed by atoms with Crippen LogP contribution in [0.25, 0.3) is 0 Å². The van der Waals surface area contributed by atoms with Crippen molar-refractivity contribution in [2.24, 2.45) is 0 Å². The van der Waals surface area contributed by atoms with E-state index in [-0.39, 0.29) is 24.5 Å². The summed E-state index contributed by atoms with van der Waals surface area (Å²) in [5.74, 6) is 0.875. The molecule has 1 N–H and O–H groups in total. The number of rotatable bonds is 6. The summed E-state index contributed by atoms with van der Waals surface area (Å²) in [5.41, 5.74) is 1.10. The van der Waals surface area contributed by atoms with Gasteiger partial charge in [-0.25, -0.2) is 0 Å². The smallest absolute Gasteiger partial charge is 0.260 e. The lowest BCUT2D eigenvalue weighted by Crippen LogP contribution is -2.44. The monoisotopic (exact) mass is 382 g/mol. The van der Waals surface area contributed by atoms with Gasteiger partial charge in [0.2, 0.25) is 0 Å². The Bertz CT molecular complexity index is 820. The van der Waals surface area contributed by atoms with Gasteiger partial charge in [-0.1, -0.05) is 12.1 Å². The number of methoxy groups -OCH3 is 1. The minimum Gasteiger partial charge on any atom is -0.496 e. The molecule has 28 heavy (non-hydrogen) atoms. The zero-order valence-corrected chi connectivity index (χ0v) is 16.3. The van der Waals surface area contributed by atoms with E-state index in [0.29, 0.717) is 22.7 Å². The molecule has 2 amide bonds. The number of carbonyl (C=O) groups excluding carboxylic acids is 2. The molecule has 0 saturated carbocycles. The molecule has 1 heterocycles. The van der Waals surface area contributed by atoms with Gasteiger partial charge in [-0.05, 0) is 62.6 Å². The number of amides is 2. The highest BCUT2D eigenvalue weighted by molar-refractivity contribution is 6.06. The van der Waals surface area contributed by atoms with Crippen molar-refractivity contribution in [2.45, 2.75) is 32.2 Å². The number of piperidine rings is 1. The van der Waals surface area contributed by atoms with Gasteiger partial charge in [0.25, 0.3) is 11.8 Å². The standard InChI is InChI=1S/C22H26N2O4/c1-16-7-5-6-14-24(16)21(25)15-28-18-12-10-17(11-13-18)23-22(26)19-8-3-4-9-20(19)27-2/h3-4,8-13,16H,5-7,14-15H2,1-2H3,(H,23,26). The van der Waals surface area contributed by atoms with E-state index in [1.807, 2.05) is 11.0 Å². The van der Waals surface area contributed by atoms with E-state index in [0.717, 1.165) is 19.4 Å². The largest absolute Gasteiger partial charge is 0.496 e. The van der Waals surface area contributed by atoms with Crippen molar-refractivity contribution in [2.75, 3.05) is 25.6 Å². The van der Waals surface area contributed by atoms with Crippen molar-refractivity contribution in [3.63, 3.8) is 0 Å². The Morgan fingerprint density at radius 1 is 1.11 bits per heavy atom. The van der Waals surface area contributed by atoms with E-state index in [4.69, 9.17) is 9.47 Å². The van der Waals surface area contributed by atoms with Gasteiger partial charge in [0.1, 0.15) is 11.5 Å². The molecule has 6 heteroatoms. The summed E-state index contributed by atoms with van der Waals surface area (Å²) in [6.45, 7) is 2.91. The lowest BCUT2D eigenvalue weighted by molar-refractivity contribution is -0.136. The molecule has 1 fully saturated rings. The number of hydrogen-bond donors (Lipinski definition) is 1. The van der Waals surface area contributed by atoms with Crippen LogP contribution >= 0.6 is 0 Å². The number of benzene rings is 2. The van der Waals surface area contributed by atoms with Crippen LogP contribution in [0.4, 0.5) is 5.69 Å². The number of hydrogen-bond acceptors (Lipinski definition) is 4. The maximum Gasteiger partial charge on any atom is 0.260 e. The van der Waals surface area contributed by atoms with Crippen molar-refractivity contribution >= 4 is 17.5 Å². The van der Waals surface area contributed by atoms with Crippen molar-refractivity contribution in [1.29, 1.82) is 0 Å². The minimum atomic E-state index is -0.250. The Morgan fingerprint density at radius 3 is 2.57 bits per heavy atom. The van der Waals surface area contributed by atoms with Crippen LogP contribution in [-0.4, -0.2) is 43.0 Å². The van der Waals surface area contributed by atoms with Crippen LogP contribution in [0, 0.1) is 0 Å². The van der Waals surface area contributed by atoms with Crippen LogP contribution in [0.1, 0.15) is 36.5 Å². The molecule has 0 bridgehead atoms. The molecule has 6 nitrogen and oxygen atoms in total. The Hall–Kier alpha value is -3.02. The van der Waals surface area contributed by atoms with Crippen molar-refractivity contribution in [3.05, 3.63) is 54.1 Å². The summed E-state index contributed by atoms with van der Waals surface area (Å²) in [6.07, 6.45) is 3.27. The topological polar surface area (TPSA) is 67.9 Å². The fraction of sp³-hybridized carbons (Fsp3) is 0.364. The van der Waals surface area contributed by atoms with Gasteiger partial charge >= 0.3 is 0 Å². The molecule has 2 aromatic carbocycles. The number of nitrogens with one attached hydrogen (secondary N) is 1. The second-order valence-electron chi connectivity index (χ2n) is 6.90. The first-order valence-corrected chi connectivity index (χ1v) is 9.55. The highest BCUT2D eigenvalue weighted by Crippen LogP contribution is 2.21. The van der Waals surface area contributed by atoms with Crippen molar-refractivity contribution < 1.29 is 19.1 Å². The lowest BCUT2D eigenvalue weighted by atomic mass is 10.0. The van der Waals surface area contributed by atoms with Gasteiger partial charge in [-0.3, -0.25) is 9.59 Å². The molecule has 1 aliphatic heterocycles. The molecule has 1 saturated heterocycles.